The number of hydrogen-bond acceptors (Lipinski definition) is 2. The highest BCUT2D eigenvalue weighted by atomic mass is 35.5. The molecule has 1 rings (SSSR count). The van der Waals surface area contributed by atoms with Crippen LogP contribution in [0.1, 0.15) is 5.56 Å². The van der Waals surface area contributed by atoms with Gasteiger partial charge in [-0.15, -0.1) is 0 Å². The number of primary sulfonamides is 1. The molecule has 0 amide bonds. The minimum absolute atomic E-state index is 0.0773. The van der Waals surface area contributed by atoms with E-state index in [1.165, 1.54) is 18.2 Å². The third-order valence-electron chi connectivity index (χ3n) is 1.50. The summed E-state index contributed by atoms with van der Waals surface area (Å²) >= 11 is 5.64. The van der Waals surface area contributed by atoms with Crippen LogP contribution in [-0.2, 0) is 10.0 Å². The highest BCUT2D eigenvalue weighted by molar-refractivity contribution is 7.89. The van der Waals surface area contributed by atoms with E-state index in [0.717, 1.165) is 0 Å². The van der Waals surface area contributed by atoms with Crippen LogP contribution in [0.3, 0.4) is 0 Å². The Labute approximate surface area is 81.9 Å². The number of rotatable bonds is 2. The second-order valence-corrected chi connectivity index (χ2v) is 4.38. The quantitative estimate of drug-likeness (QED) is 0.819. The third kappa shape index (κ3) is 2.30. The summed E-state index contributed by atoms with van der Waals surface area (Å²) in [6.07, 6.45) is 1.52. The molecule has 0 saturated carbocycles. The lowest BCUT2D eigenvalue weighted by Crippen LogP contribution is -2.12. The third-order valence-corrected chi connectivity index (χ3v) is 2.89. The molecule has 5 heteroatoms. The molecule has 3 nitrogen and oxygen atoms in total. The van der Waals surface area contributed by atoms with Crippen LogP contribution in [0.25, 0.3) is 6.08 Å². The van der Waals surface area contributed by atoms with Crippen molar-refractivity contribution in [3.05, 3.63) is 35.4 Å². The van der Waals surface area contributed by atoms with E-state index in [4.69, 9.17) is 16.7 Å². The molecule has 0 fully saturated rings. The molecule has 0 aromatic heterocycles. The van der Waals surface area contributed by atoms with Crippen molar-refractivity contribution in [3.8, 4) is 0 Å². The van der Waals surface area contributed by atoms with Gasteiger partial charge >= 0.3 is 0 Å². The van der Waals surface area contributed by atoms with Crippen molar-refractivity contribution in [2.75, 3.05) is 0 Å². The van der Waals surface area contributed by atoms with Crippen LogP contribution in [-0.4, -0.2) is 8.42 Å². The molecule has 70 valence electrons. The first-order chi connectivity index (χ1) is 5.95. The number of nitrogens with two attached hydrogens (primary N) is 1. The molecule has 0 spiro atoms. The minimum atomic E-state index is -3.75. The second-order valence-electron chi connectivity index (χ2n) is 2.44. The Balaban J connectivity index is 3.44. The fourth-order valence-corrected chi connectivity index (χ4v) is 1.95. The molecular formula is C8H8ClNO2S. The molecule has 0 aliphatic heterocycles. The van der Waals surface area contributed by atoms with Gasteiger partial charge in [0, 0.05) is 0 Å². The van der Waals surface area contributed by atoms with Crippen molar-refractivity contribution in [2.24, 2.45) is 5.14 Å². The first kappa shape index (κ1) is 10.2. The Morgan fingerprint density at radius 3 is 2.54 bits per heavy atom. The van der Waals surface area contributed by atoms with Gasteiger partial charge in [-0.2, -0.15) is 0 Å². The maximum atomic E-state index is 11.0. The van der Waals surface area contributed by atoms with Crippen molar-refractivity contribution >= 4 is 27.7 Å². The summed E-state index contributed by atoms with van der Waals surface area (Å²) in [6, 6.07) is 4.51. The molecule has 13 heavy (non-hydrogen) atoms. The average molecular weight is 218 g/mol. The lowest BCUT2D eigenvalue weighted by molar-refractivity contribution is 0.598. The Kier molecular flexibility index (Phi) is 2.75. The Morgan fingerprint density at radius 1 is 1.46 bits per heavy atom. The zero-order valence-corrected chi connectivity index (χ0v) is 8.27. The van der Waals surface area contributed by atoms with E-state index in [2.05, 4.69) is 6.58 Å². The maximum absolute atomic E-state index is 11.0. The van der Waals surface area contributed by atoms with E-state index in [9.17, 15) is 8.42 Å². The summed E-state index contributed by atoms with van der Waals surface area (Å²) in [6.45, 7) is 3.51. The van der Waals surface area contributed by atoms with Gasteiger partial charge in [-0.3, -0.25) is 0 Å². The molecule has 2 N–H and O–H groups in total. The predicted molar refractivity (Wildman–Crippen MR) is 52.9 cm³/mol. The van der Waals surface area contributed by atoms with Gasteiger partial charge in [0.15, 0.2) is 0 Å². The summed E-state index contributed by atoms with van der Waals surface area (Å²) in [5, 5.41) is 5.05. The van der Waals surface area contributed by atoms with Crippen LogP contribution >= 0.6 is 11.6 Å². The standard InChI is InChI=1S/C8H8ClNO2S/c1-2-6-3-4-7(9)8(5-6)13(10,11)12/h2-5H,1H2,(H2,10,11,12). The average Bonchev–Trinajstić information content (AvgIpc) is 2.03. The lowest BCUT2D eigenvalue weighted by atomic mass is 10.2. The first-order valence-electron chi connectivity index (χ1n) is 3.40. The summed E-state index contributed by atoms with van der Waals surface area (Å²) < 4.78 is 22.0. The van der Waals surface area contributed by atoms with Gasteiger partial charge in [-0.05, 0) is 17.7 Å². The van der Waals surface area contributed by atoms with Crippen LogP contribution in [0, 0.1) is 0 Å². The van der Waals surface area contributed by atoms with Crippen molar-refractivity contribution < 1.29 is 8.42 Å². The van der Waals surface area contributed by atoms with Crippen LogP contribution < -0.4 is 5.14 Å². The SMILES string of the molecule is C=Cc1ccc(Cl)c(S(N)(=O)=O)c1. The van der Waals surface area contributed by atoms with Gasteiger partial charge in [-0.25, -0.2) is 13.6 Å². The fraction of sp³-hybridized carbons (Fsp3) is 0. The predicted octanol–water partition coefficient (Wildman–Crippen LogP) is 1.63. The molecule has 1 aromatic carbocycles. The van der Waals surface area contributed by atoms with E-state index >= 15 is 0 Å². The van der Waals surface area contributed by atoms with E-state index in [1.54, 1.807) is 6.07 Å². The molecule has 0 unspecified atom stereocenters. The largest absolute Gasteiger partial charge is 0.239 e. The van der Waals surface area contributed by atoms with Crippen LogP contribution in [0.2, 0.25) is 5.02 Å². The van der Waals surface area contributed by atoms with Gasteiger partial charge in [0.05, 0.1) is 5.02 Å². The molecule has 0 heterocycles. The molecule has 0 atom stereocenters. The number of halogens is 1. The first-order valence-corrected chi connectivity index (χ1v) is 5.32. The molecular weight excluding hydrogens is 210 g/mol. The van der Waals surface area contributed by atoms with Gasteiger partial charge in [0.1, 0.15) is 4.90 Å². The summed E-state index contributed by atoms with van der Waals surface area (Å²) in [7, 11) is -3.75. The van der Waals surface area contributed by atoms with E-state index < -0.39 is 10.0 Å². The smallest absolute Gasteiger partial charge is 0.225 e. The molecule has 0 aliphatic rings. The van der Waals surface area contributed by atoms with E-state index in [-0.39, 0.29) is 9.92 Å². The highest BCUT2D eigenvalue weighted by Crippen LogP contribution is 2.21. The summed E-state index contributed by atoms with van der Waals surface area (Å²) in [5.74, 6) is 0. The van der Waals surface area contributed by atoms with Gasteiger partial charge < -0.3 is 0 Å². The van der Waals surface area contributed by atoms with Crippen molar-refractivity contribution in [3.63, 3.8) is 0 Å². The van der Waals surface area contributed by atoms with Gasteiger partial charge in [0.2, 0.25) is 10.0 Å². The highest BCUT2D eigenvalue weighted by Gasteiger charge is 2.12. The van der Waals surface area contributed by atoms with Gasteiger partial charge in [-0.1, -0.05) is 30.3 Å². The monoisotopic (exact) mass is 217 g/mol. The molecule has 0 saturated heterocycles. The molecule has 1 aromatic rings. The number of benzene rings is 1. The normalized spacial score (nSPS) is 11.2. The Hall–Kier alpha value is -0.840. The Morgan fingerprint density at radius 2 is 2.08 bits per heavy atom. The zero-order valence-electron chi connectivity index (χ0n) is 6.70. The van der Waals surface area contributed by atoms with Crippen LogP contribution in [0.5, 0.6) is 0 Å². The summed E-state index contributed by atoms with van der Waals surface area (Å²) in [5.41, 5.74) is 0.661. The molecule has 0 bridgehead atoms. The van der Waals surface area contributed by atoms with Crippen LogP contribution in [0.15, 0.2) is 29.7 Å². The minimum Gasteiger partial charge on any atom is -0.225 e. The van der Waals surface area contributed by atoms with E-state index in [1.807, 2.05) is 0 Å². The number of sulfonamides is 1. The zero-order chi connectivity index (χ0) is 10.1. The van der Waals surface area contributed by atoms with Crippen LogP contribution in [0.4, 0.5) is 0 Å². The molecule has 0 aliphatic carbocycles. The second kappa shape index (κ2) is 3.49. The van der Waals surface area contributed by atoms with Crippen molar-refractivity contribution in [2.45, 2.75) is 4.90 Å². The number of hydrogen-bond donors (Lipinski definition) is 1. The topological polar surface area (TPSA) is 60.2 Å². The fourth-order valence-electron chi connectivity index (χ4n) is 0.865. The van der Waals surface area contributed by atoms with E-state index in [0.29, 0.717) is 5.56 Å². The molecule has 0 radical (unpaired) electrons. The summed E-state index contributed by atoms with van der Waals surface area (Å²) in [4.78, 5) is -0.0773. The van der Waals surface area contributed by atoms with Crippen molar-refractivity contribution in [1.82, 2.24) is 0 Å². The Bertz CT molecular complexity index is 439. The van der Waals surface area contributed by atoms with Crippen molar-refractivity contribution in [1.29, 1.82) is 0 Å². The lowest BCUT2D eigenvalue weighted by Gasteiger charge is -2.02. The maximum Gasteiger partial charge on any atom is 0.239 e. The van der Waals surface area contributed by atoms with Gasteiger partial charge in [0.25, 0.3) is 0 Å².